The first-order chi connectivity index (χ1) is 6.90. The first-order valence-electron chi connectivity index (χ1n) is 5.42. The van der Waals surface area contributed by atoms with Gasteiger partial charge in [-0.1, -0.05) is 19.8 Å². The molecule has 2 atom stereocenters. The van der Waals surface area contributed by atoms with Gasteiger partial charge in [0.2, 0.25) is 0 Å². The fraction of sp³-hybridized carbons (Fsp3) is 0.636. The van der Waals surface area contributed by atoms with E-state index in [-0.39, 0.29) is 0 Å². The van der Waals surface area contributed by atoms with E-state index < -0.39 is 0 Å². The molecule has 3 heteroatoms. The summed E-state index contributed by atoms with van der Waals surface area (Å²) in [5.41, 5.74) is 0. The van der Waals surface area contributed by atoms with Gasteiger partial charge < -0.3 is 5.32 Å². The van der Waals surface area contributed by atoms with Crippen LogP contribution in [0, 0.1) is 5.92 Å². The molecule has 0 bridgehead atoms. The average molecular weight is 191 g/mol. The second-order valence-corrected chi connectivity index (χ2v) is 3.94. The topological polar surface area (TPSA) is 37.8 Å². The van der Waals surface area contributed by atoms with Gasteiger partial charge in [-0.05, 0) is 18.8 Å². The Kier molecular flexibility index (Phi) is 2.96. The molecule has 1 fully saturated rings. The number of nitrogens with zero attached hydrogens (tertiary/aromatic N) is 2. The lowest BCUT2D eigenvalue weighted by Gasteiger charge is -2.19. The summed E-state index contributed by atoms with van der Waals surface area (Å²) in [4.78, 5) is 8.29. The van der Waals surface area contributed by atoms with E-state index in [2.05, 4.69) is 22.2 Å². The predicted molar refractivity (Wildman–Crippen MR) is 57.1 cm³/mol. The summed E-state index contributed by atoms with van der Waals surface area (Å²) in [6, 6.07) is 0.608. The lowest BCUT2D eigenvalue weighted by Crippen LogP contribution is -2.23. The fourth-order valence-electron chi connectivity index (χ4n) is 2.28. The Hall–Kier alpha value is -1.12. The maximum Gasteiger partial charge on any atom is 0.144 e. The number of rotatable bonds is 3. The van der Waals surface area contributed by atoms with Crippen molar-refractivity contribution in [2.75, 3.05) is 5.32 Å². The van der Waals surface area contributed by atoms with E-state index in [0.29, 0.717) is 6.04 Å². The van der Waals surface area contributed by atoms with E-state index in [0.717, 1.165) is 11.7 Å². The van der Waals surface area contributed by atoms with Crippen molar-refractivity contribution in [1.82, 2.24) is 9.97 Å². The van der Waals surface area contributed by atoms with Crippen LogP contribution in [0.5, 0.6) is 0 Å². The Bertz CT molecular complexity index is 273. The van der Waals surface area contributed by atoms with Gasteiger partial charge in [0.1, 0.15) is 5.82 Å². The Morgan fingerprint density at radius 2 is 2.36 bits per heavy atom. The van der Waals surface area contributed by atoms with Crippen molar-refractivity contribution in [1.29, 1.82) is 0 Å². The van der Waals surface area contributed by atoms with Crippen LogP contribution in [0.2, 0.25) is 0 Å². The molecule has 2 rings (SSSR count). The van der Waals surface area contributed by atoms with Crippen LogP contribution in [-0.2, 0) is 0 Å². The minimum absolute atomic E-state index is 0.608. The van der Waals surface area contributed by atoms with Crippen LogP contribution in [0.4, 0.5) is 5.82 Å². The van der Waals surface area contributed by atoms with Gasteiger partial charge in [0.05, 0.1) is 6.20 Å². The highest BCUT2D eigenvalue weighted by molar-refractivity contribution is 5.32. The molecule has 1 aromatic heterocycles. The standard InChI is InChI=1S/C11H17N3/c1-2-9-4-3-5-10(9)14-11-8-12-6-7-13-11/h6-10H,2-5H2,1H3,(H,13,14). The smallest absolute Gasteiger partial charge is 0.144 e. The Labute approximate surface area is 85.0 Å². The summed E-state index contributed by atoms with van der Waals surface area (Å²) < 4.78 is 0. The third-order valence-corrected chi connectivity index (χ3v) is 3.08. The highest BCUT2D eigenvalue weighted by Crippen LogP contribution is 2.29. The van der Waals surface area contributed by atoms with Gasteiger partial charge in [0.15, 0.2) is 0 Å². The molecule has 1 aliphatic carbocycles. The zero-order valence-corrected chi connectivity index (χ0v) is 8.61. The molecule has 14 heavy (non-hydrogen) atoms. The predicted octanol–water partition coefficient (Wildman–Crippen LogP) is 2.47. The SMILES string of the molecule is CCC1CCCC1Nc1cnccn1. The maximum atomic E-state index is 4.24. The fourth-order valence-corrected chi connectivity index (χ4v) is 2.28. The molecule has 0 amide bonds. The summed E-state index contributed by atoms with van der Waals surface area (Å²) in [7, 11) is 0. The average Bonchev–Trinajstić information content (AvgIpc) is 2.67. The largest absolute Gasteiger partial charge is 0.366 e. The summed E-state index contributed by atoms with van der Waals surface area (Å²) >= 11 is 0. The molecule has 0 aromatic carbocycles. The summed E-state index contributed by atoms with van der Waals surface area (Å²) in [5.74, 6) is 1.73. The van der Waals surface area contributed by atoms with Crippen molar-refractivity contribution in [3.63, 3.8) is 0 Å². The van der Waals surface area contributed by atoms with Gasteiger partial charge in [0, 0.05) is 18.4 Å². The van der Waals surface area contributed by atoms with Gasteiger partial charge in [-0.2, -0.15) is 0 Å². The van der Waals surface area contributed by atoms with Crippen LogP contribution in [0.3, 0.4) is 0 Å². The van der Waals surface area contributed by atoms with Gasteiger partial charge in [-0.15, -0.1) is 0 Å². The molecule has 0 radical (unpaired) electrons. The lowest BCUT2D eigenvalue weighted by molar-refractivity contribution is 0.488. The summed E-state index contributed by atoms with van der Waals surface area (Å²) in [5, 5.41) is 3.47. The molecule has 1 N–H and O–H groups in total. The van der Waals surface area contributed by atoms with Crippen molar-refractivity contribution >= 4 is 5.82 Å². The van der Waals surface area contributed by atoms with Crippen molar-refractivity contribution in [3.8, 4) is 0 Å². The lowest BCUT2D eigenvalue weighted by atomic mass is 10.0. The first kappa shape index (κ1) is 9.44. The molecule has 1 aliphatic rings. The third kappa shape index (κ3) is 2.03. The summed E-state index contributed by atoms with van der Waals surface area (Å²) in [6.07, 6.45) is 10.5. The molecular weight excluding hydrogens is 174 g/mol. The van der Waals surface area contributed by atoms with Crippen molar-refractivity contribution in [3.05, 3.63) is 18.6 Å². The minimum atomic E-state index is 0.608. The normalized spacial score (nSPS) is 26.4. The molecule has 3 nitrogen and oxygen atoms in total. The number of hydrogen-bond acceptors (Lipinski definition) is 3. The second-order valence-electron chi connectivity index (χ2n) is 3.94. The van der Waals surface area contributed by atoms with Crippen LogP contribution in [0.15, 0.2) is 18.6 Å². The number of anilines is 1. The van der Waals surface area contributed by atoms with Crippen molar-refractivity contribution in [2.45, 2.75) is 38.6 Å². The maximum absolute atomic E-state index is 4.24. The van der Waals surface area contributed by atoms with E-state index in [1.807, 2.05) is 0 Å². The Morgan fingerprint density at radius 3 is 3.07 bits per heavy atom. The zero-order chi connectivity index (χ0) is 9.80. The molecule has 1 aromatic rings. The van der Waals surface area contributed by atoms with Crippen LogP contribution in [0.25, 0.3) is 0 Å². The van der Waals surface area contributed by atoms with Gasteiger partial charge in [-0.25, -0.2) is 4.98 Å². The summed E-state index contributed by atoms with van der Waals surface area (Å²) in [6.45, 7) is 2.27. The van der Waals surface area contributed by atoms with Gasteiger partial charge in [-0.3, -0.25) is 4.98 Å². The first-order valence-corrected chi connectivity index (χ1v) is 5.42. The monoisotopic (exact) mass is 191 g/mol. The number of aromatic nitrogens is 2. The van der Waals surface area contributed by atoms with E-state index in [1.54, 1.807) is 18.6 Å². The Balaban J connectivity index is 1.97. The second kappa shape index (κ2) is 4.40. The Morgan fingerprint density at radius 1 is 1.43 bits per heavy atom. The van der Waals surface area contributed by atoms with E-state index in [1.165, 1.54) is 25.7 Å². The molecule has 0 saturated heterocycles. The van der Waals surface area contributed by atoms with Crippen LogP contribution < -0.4 is 5.32 Å². The molecule has 0 aliphatic heterocycles. The molecular formula is C11H17N3. The van der Waals surface area contributed by atoms with E-state index in [9.17, 15) is 0 Å². The molecule has 76 valence electrons. The molecule has 0 spiro atoms. The number of hydrogen-bond donors (Lipinski definition) is 1. The molecule has 2 unspecified atom stereocenters. The quantitative estimate of drug-likeness (QED) is 0.797. The molecule has 1 heterocycles. The van der Waals surface area contributed by atoms with E-state index >= 15 is 0 Å². The highest BCUT2D eigenvalue weighted by atomic mass is 15.0. The highest BCUT2D eigenvalue weighted by Gasteiger charge is 2.25. The zero-order valence-electron chi connectivity index (χ0n) is 8.61. The van der Waals surface area contributed by atoms with E-state index in [4.69, 9.17) is 0 Å². The van der Waals surface area contributed by atoms with Crippen LogP contribution >= 0.6 is 0 Å². The van der Waals surface area contributed by atoms with Crippen LogP contribution in [0.1, 0.15) is 32.6 Å². The van der Waals surface area contributed by atoms with Gasteiger partial charge >= 0.3 is 0 Å². The minimum Gasteiger partial charge on any atom is -0.366 e. The molecule has 1 saturated carbocycles. The van der Waals surface area contributed by atoms with Crippen molar-refractivity contribution in [2.24, 2.45) is 5.92 Å². The van der Waals surface area contributed by atoms with Crippen LogP contribution in [-0.4, -0.2) is 16.0 Å². The number of nitrogens with one attached hydrogen (secondary N) is 1. The third-order valence-electron chi connectivity index (χ3n) is 3.08. The van der Waals surface area contributed by atoms with Gasteiger partial charge in [0.25, 0.3) is 0 Å². The van der Waals surface area contributed by atoms with Crippen molar-refractivity contribution < 1.29 is 0 Å².